The van der Waals surface area contributed by atoms with Crippen molar-refractivity contribution in [3.05, 3.63) is 47.2 Å². The van der Waals surface area contributed by atoms with Crippen LogP contribution in [-0.4, -0.2) is 77.5 Å². The van der Waals surface area contributed by atoms with Crippen LogP contribution in [-0.2, 0) is 11.3 Å². The van der Waals surface area contributed by atoms with Crippen molar-refractivity contribution in [3.63, 3.8) is 0 Å². The minimum absolute atomic E-state index is 0.0781. The van der Waals surface area contributed by atoms with E-state index in [0.717, 1.165) is 69.8 Å². The van der Waals surface area contributed by atoms with Crippen molar-refractivity contribution in [1.29, 1.82) is 0 Å². The van der Waals surface area contributed by atoms with Crippen molar-refractivity contribution < 1.29 is 14.1 Å². The zero-order valence-corrected chi connectivity index (χ0v) is 18.2. The van der Waals surface area contributed by atoms with Crippen LogP contribution >= 0.6 is 0 Å². The van der Waals surface area contributed by atoms with Crippen molar-refractivity contribution in [3.8, 4) is 0 Å². The standard InChI is InChI=1S/C23H31N5O3/c1-18-14-21(25-31-18)24-22(29)17-27-12-10-26(11-13-27)16-19-6-5-7-20(15-19)23(30)28-8-3-2-4-9-28/h5-7,14-15H,2-4,8-13,16-17H2,1H3,(H,24,25,29). The molecule has 8 nitrogen and oxygen atoms in total. The molecule has 8 heteroatoms. The molecule has 3 heterocycles. The maximum Gasteiger partial charge on any atom is 0.253 e. The topological polar surface area (TPSA) is 81.9 Å². The first-order chi connectivity index (χ1) is 15.1. The van der Waals surface area contributed by atoms with Crippen molar-refractivity contribution in [2.75, 3.05) is 51.1 Å². The minimum atomic E-state index is -0.0781. The van der Waals surface area contributed by atoms with Gasteiger partial charge in [0.2, 0.25) is 5.91 Å². The van der Waals surface area contributed by atoms with Crippen molar-refractivity contribution >= 4 is 17.6 Å². The molecule has 0 unspecified atom stereocenters. The molecule has 31 heavy (non-hydrogen) atoms. The Kier molecular flexibility index (Phi) is 6.99. The van der Waals surface area contributed by atoms with E-state index in [1.807, 2.05) is 23.1 Å². The normalized spacial score (nSPS) is 18.2. The summed E-state index contributed by atoms with van der Waals surface area (Å²) in [6.45, 7) is 8.14. The highest BCUT2D eigenvalue weighted by Crippen LogP contribution is 2.16. The van der Waals surface area contributed by atoms with Gasteiger partial charge in [0.15, 0.2) is 5.82 Å². The number of likely N-dealkylation sites (tertiary alicyclic amines) is 1. The van der Waals surface area contributed by atoms with E-state index in [1.54, 1.807) is 13.0 Å². The number of hydrogen-bond donors (Lipinski definition) is 1. The van der Waals surface area contributed by atoms with Crippen LogP contribution in [0.4, 0.5) is 5.82 Å². The van der Waals surface area contributed by atoms with Crippen LogP contribution in [0.3, 0.4) is 0 Å². The number of piperazine rings is 1. The van der Waals surface area contributed by atoms with E-state index in [0.29, 0.717) is 18.1 Å². The summed E-state index contributed by atoms with van der Waals surface area (Å²) in [7, 11) is 0. The third kappa shape index (κ3) is 5.92. The van der Waals surface area contributed by atoms with Crippen LogP contribution in [0.15, 0.2) is 34.9 Å². The number of nitrogens with one attached hydrogen (secondary N) is 1. The lowest BCUT2D eigenvalue weighted by molar-refractivity contribution is -0.117. The molecule has 1 N–H and O–H groups in total. The molecule has 2 aliphatic heterocycles. The van der Waals surface area contributed by atoms with Crippen LogP contribution in [0.25, 0.3) is 0 Å². The second kappa shape index (κ2) is 10.1. The molecular formula is C23H31N5O3. The maximum absolute atomic E-state index is 12.8. The number of amides is 2. The Morgan fingerprint density at radius 1 is 1.00 bits per heavy atom. The first kappa shape index (κ1) is 21.5. The highest BCUT2D eigenvalue weighted by atomic mass is 16.5. The van der Waals surface area contributed by atoms with Gasteiger partial charge in [-0.15, -0.1) is 0 Å². The zero-order valence-electron chi connectivity index (χ0n) is 18.2. The molecule has 1 aromatic carbocycles. The summed E-state index contributed by atoms with van der Waals surface area (Å²) in [5.41, 5.74) is 1.95. The number of carbonyl (C=O) groups excluding carboxylic acids is 2. The van der Waals surface area contributed by atoms with E-state index in [9.17, 15) is 9.59 Å². The quantitative estimate of drug-likeness (QED) is 0.765. The van der Waals surface area contributed by atoms with Gasteiger partial charge in [-0.1, -0.05) is 17.3 Å². The number of aryl methyl sites for hydroxylation is 1. The Labute approximate surface area is 183 Å². The summed E-state index contributed by atoms with van der Waals surface area (Å²) < 4.78 is 4.97. The number of rotatable bonds is 6. The summed E-state index contributed by atoms with van der Waals surface area (Å²) >= 11 is 0. The lowest BCUT2D eigenvalue weighted by atomic mass is 10.1. The number of anilines is 1. The Morgan fingerprint density at radius 3 is 2.45 bits per heavy atom. The van der Waals surface area contributed by atoms with E-state index < -0.39 is 0 Å². The maximum atomic E-state index is 12.8. The molecule has 2 saturated heterocycles. The molecule has 166 valence electrons. The van der Waals surface area contributed by atoms with E-state index in [2.05, 4.69) is 26.3 Å². The number of aromatic nitrogens is 1. The van der Waals surface area contributed by atoms with Crippen LogP contribution in [0, 0.1) is 6.92 Å². The van der Waals surface area contributed by atoms with Gasteiger partial charge in [-0.3, -0.25) is 19.4 Å². The summed E-state index contributed by atoms with van der Waals surface area (Å²) in [5, 5.41) is 6.57. The Balaban J connectivity index is 1.24. The molecule has 2 amide bonds. The number of benzene rings is 1. The summed E-state index contributed by atoms with van der Waals surface area (Å²) in [5.74, 6) is 1.20. The fraction of sp³-hybridized carbons (Fsp3) is 0.522. The SMILES string of the molecule is Cc1cc(NC(=O)CN2CCN(Cc3cccc(C(=O)N4CCCCC4)c3)CC2)no1. The van der Waals surface area contributed by atoms with Gasteiger partial charge in [0.1, 0.15) is 5.76 Å². The van der Waals surface area contributed by atoms with E-state index in [4.69, 9.17) is 4.52 Å². The monoisotopic (exact) mass is 425 g/mol. The molecule has 2 fully saturated rings. The molecule has 0 spiro atoms. The average molecular weight is 426 g/mol. The molecule has 0 saturated carbocycles. The smallest absolute Gasteiger partial charge is 0.253 e. The fourth-order valence-electron chi connectivity index (χ4n) is 4.26. The highest BCUT2D eigenvalue weighted by Gasteiger charge is 2.21. The fourth-order valence-corrected chi connectivity index (χ4v) is 4.26. The molecule has 2 aromatic rings. The highest BCUT2D eigenvalue weighted by molar-refractivity contribution is 5.94. The molecule has 4 rings (SSSR count). The number of hydrogen-bond acceptors (Lipinski definition) is 6. The minimum Gasteiger partial charge on any atom is -0.360 e. The van der Waals surface area contributed by atoms with Crippen molar-refractivity contribution in [2.24, 2.45) is 0 Å². The van der Waals surface area contributed by atoms with E-state index in [1.165, 1.54) is 6.42 Å². The molecule has 0 radical (unpaired) electrons. The van der Waals surface area contributed by atoms with Crippen molar-refractivity contribution in [1.82, 2.24) is 19.9 Å². The summed E-state index contributed by atoms with van der Waals surface area (Å²) in [4.78, 5) is 31.5. The lowest BCUT2D eigenvalue weighted by Crippen LogP contribution is -2.48. The molecule has 1 aromatic heterocycles. The Morgan fingerprint density at radius 2 is 1.74 bits per heavy atom. The lowest BCUT2D eigenvalue weighted by Gasteiger charge is -2.34. The summed E-state index contributed by atoms with van der Waals surface area (Å²) in [6.07, 6.45) is 3.43. The molecule has 0 atom stereocenters. The predicted molar refractivity (Wildman–Crippen MR) is 118 cm³/mol. The largest absolute Gasteiger partial charge is 0.360 e. The van der Waals surface area contributed by atoms with Gasteiger partial charge in [0.25, 0.3) is 5.91 Å². The summed E-state index contributed by atoms with van der Waals surface area (Å²) in [6, 6.07) is 9.75. The van der Waals surface area contributed by atoms with Gasteiger partial charge >= 0.3 is 0 Å². The predicted octanol–water partition coefficient (Wildman–Crippen LogP) is 2.37. The second-order valence-corrected chi connectivity index (χ2v) is 8.48. The molecule has 0 bridgehead atoms. The molecular weight excluding hydrogens is 394 g/mol. The van der Waals surface area contributed by atoms with Gasteiger partial charge in [-0.05, 0) is 43.9 Å². The van der Waals surface area contributed by atoms with Crippen LogP contribution < -0.4 is 5.32 Å². The Bertz CT molecular complexity index is 898. The van der Waals surface area contributed by atoms with Gasteiger partial charge in [-0.2, -0.15) is 0 Å². The molecule has 0 aliphatic carbocycles. The second-order valence-electron chi connectivity index (χ2n) is 8.48. The van der Waals surface area contributed by atoms with E-state index >= 15 is 0 Å². The molecule has 2 aliphatic rings. The third-order valence-corrected chi connectivity index (χ3v) is 5.95. The Hall–Kier alpha value is -2.71. The first-order valence-corrected chi connectivity index (χ1v) is 11.1. The number of carbonyl (C=O) groups is 2. The van der Waals surface area contributed by atoms with Gasteiger partial charge in [0, 0.05) is 57.4 Å². The van der Waals surface area contributed by atoms with E-state index in [-0.39, 0.29) is 11.8 Å². The van der Waals surface area contributed by atoms with Crippen LogP contribution in [0.5, 0.6) is 0 Å². The third-order valence-electron chi connectivity index (χ3n) is 5.95. The first-order valence-electron chi connectivity index (χ1n) is 11.1. The van der Waals surface area contributed by atoms with Crippen LogP contribution in [0.1, 0.15) is 40.9 Å². The van der Waals surface area contributed by atoms with Gasteiger partial charge in [-0.25, -0.2) is 0 Å². The zero-order chi connectivity index (χ0) is 21.6. The van der Waals surface area contributed by atoms with Crippen molar-refractivity contribution in [2.45, 2.75) is 32.7 Å². The number of nitrogens with zero attached hydrogens (tertiary/aromatic N) is 4. The van der Waals surface area contributed by atoms with Gasteiger partial charge in [0.05, 0.1) is 6.54 Å². The average Bonchev–Trinajstić information content (AvgIpc) is 3.19. The van der Waals surface area contributed by atoms with Crippen LogP contribution in [0.2, 0.25) is 0 Å². The van der Waals surface area contributed by atoms with Gasteiger partial charge < -0.3 is 14.7 Å². The number of piperidine rings is 1.